The van der Waals surface area contributed by atoms with Gasteiger partial charge in [0.05, 0.1) is 19.0 Å². The fraction of sp³-hybridized carbons (Fsp3) is 0.158. The van der Waals surface area contributed by atoms with E-state index in [-0.39, 0.29) is 23.4 Å². The molecule has 1 fully saturated rings. The van der Waals surface area contributed by atoms with Crippen molar-refractivity contribution in [2.45, 2.75) is 11.7 Å². The number of halogens is 1. The molecule has 2 amide bonds. The van der Waals surface area contributed by atoms with Crippen LogP contribution in [-0.4, -0.2) is 35.6 Å². The second-order valence-electron chi connectivity index (χ2n) is 5.81. The summed E-state index contributed by atoms with van der Waals surface area (Å²) in [6.45, 7) is 0. The highest BCUT2D eigenvalue weighted by molar-refractivity contribution is 8.14. The van der Waals surface area contributed by atoms with Crippen molar-refractivity contribution in [3.63, 3.8) is 0 Å². The first-order chi connectivity index (χ1) is 13.5. The summed E-state index contributed by atoms with van der Waals surface area (Å²) in [6, 6.07) is 13.8. The molecule has 0 unspecified atom stereocenters. The highest BCUT2D eigenvalue weighted by atomic mass is 35.5. The van der Waals surface area contributed by atoms with Gasteiger partial charge in [-0.25, -0.2) is 4.90 Å². The molecule has 28 heavy (non-hydrogen) atoms. The van der Waals surface area contributed by atoms with Crippen LogP contribution in [-0.2, 0) is 9.59 Å². The van der Waals surface area contributed by atoms with Gasteiger partial charge in [-0.1, -0.05) is 35.5 Å². The van der Waals surface area contributed by atoms with Crippen LogP contribution in [0.3, 0.4) is 0 Å². The van der Waals surface area contributed by atoms with Crippen LogP contribution >= 0.6 is 23.4 Å². The number of rotatable bonds is 5. The fourth-order valence-corrected chi connectivity index (χ4v) is 3.51. The van der Waals surface area contributed by atoms with E-state index in [0.717, 1.165) is 22.2 Å². The molecule has 1 aliphatic rings. The first-order valence-corrected chi connectivity index (χ1v) is 9.53. The molecule has 0 aromatic heterocycles. The van der Waals surface area contributed by atoms with Gasteiger partial charge in [0.2, 0.25) is 11.8 Å². The van der Waals surface area contributed by atoms with E-state index in [0.29, 0.717) is 16.5 Å². The summed E-state index contributed by atoms with van der Waals surface area (Å²) < 4.78 is 5.09. The maximum Gasteiger partial charge on any atom is 0.247 e. The zero-order valence-electron chi connectivity index (χ0n) is 14.9. The molecule has 9 heteroatoms. The smallest absolute Gasteiger partial charge is 0.247 e. The van der Waals surface area contributed by atoms with E-state index in [4.69, 9.17) is 22.1 Å². The van der Waals surface area contributed by atoms with Gasteiger partial charge in [0, 0.05) is 11.4 Å². The number of amides is 2. The molecule has 3 rings (SSSR count). The van der Waals surface area contributed by atoms with Crippen LogP contribution in [0.4, 0.5) is 5.69 Å². The largest absolute Gasteiger partial charge is 0.497 e. The summed E-state index contributed by atoms with van der Waals surface area (Å²) in [5, 5.41) is 7.88. The van der Waals surface area contributed by atoms with Crippen molar-refractivity contribution < 1.29 is 14.3 Å². The molecule has 2 N–H and O–H groups in total. The first kappa shape index (κ1) is 19.9. The number of amidine groups is 1. The van der Waals surface area contributed by atoms with Gasteiger partial charge in [-0.15, -0.1) is 5.10 Å². The molecule has 7 nitrogen and oxygen atoms in total. The van der Waals surface area contributed by atoms with E-state index in [1.165, 1.54) is 6.21 Å². The minimum Gasteiger partial charge on any atom is -0.497 e. The summed E-state index contributed by atoms with van der Waals surface area (Å²) in [5.41, 5.74) is 7.16. The lowest BCUT2D eigenvalue weighted by atomic mass is 10.2. The Balaban J connectivity index is 1.64. The molecule has 0 radical (unpaired) electrons. The van der Waals surface area contributed by atoms with Gasteiger partial charge >= 0.3 is 0 Å². The Morgan fingerprint density at radius 1 is 1.21 bits per heavy atom. The van der Waals surface area contributed by atoms with Crippen molar-refractivity contribution in [3.05, 3.63) is 59.1 Å². The maximum absolute atomic E-state index is 12.6. The summed E-state index contributed by atoms with van der Waals surface area (Å²) in [5.74, 6) is 0.0221. The third-order valence-electron chi connectivity index (χ3n) is 3.93. The topological polar surface area (TPSA) is 97.3 Å². The van der Waals surface area contributed by atoms with Crippen LogP contribution in [0.25, 0.3) is 0 Å². The number of ether oxygens (including phenoxy) is 1. The number of thioether (sulfide) groups is 1. The Hall–Kier alpha value is -2.84. The zero-order chi connectivity index (χ0) is 20.1. The monoisotopic (exact) mass is 416 g/mol. The minimum absolute atomic E-state index is 0.0483. The van der Waals surface area contributed by atoms with Crippen molar-refractivity contribution in [2.24, 2.45) is 15.9 Å². The standard InChI is InChI=1S/C19H17ClN4O3S/c1-27-15-8-6-14(7-9-15)24-17(25)10-16(18(24)26)28-19(21)23-22-11-12-2-4-13(20)5-3-12/h2-9,11,16H,10H2,1H3,(H2,21,23)/t16-/m1/s1. The van der Waals surface area contributed by atoms with Gasteiger partial charge in [-0.2, -0.15) is 5.10 Å². The SMILES string of the molecule is COc1ccc(N2C(=O)C[C@@H](SC(N)=NN=Cc3ccc(Cl)cc3)C2=O)cc1. The molecule has 0 saturated carbocycles. The number of hydrogen-bond acceptors (Lipinski definition) is 6. The summed E-state index contributed by atoms with van der Waals surface area (Å²) in [6.07, 6.45) is 1.57. The molecule has 144 valence electrons. The lowest BCUT2D eigenvalue weighted by Gasteiger charge is -2.15. The number of hydrogen-bond donors (Lipinski definition) is 1. The highest BCUT2D eigenvalue weighted by Crippen LogP contribution is 2.30. The number of benzene rings is 2. The number of nitrogens with zero attached hydrogens (tertiary/aromatic N) is 3. The predicted molar refractivity (Wildman–Crippen MR) is 112 cm³/mol. The van der Waals surface area contributed by atoms with Gasteiger partial charge < -0.3 is 10.5 Å². The Morgan fingerprint density at radius 3 is 2.54 bits per heavy atom. The molecule has 1 heterocycles. The Kier molecular flexibility index (Phi) is 6.33. The van der Waals surface area contributed by atoms with Crippen LogP contribution in [0.2, 0.25) is 5.02 Å². The Bertz CT molecular complexity index is 929. The summed E-state index contributed by atoms with van der Waals surface area (Å²) in [7, 11) is 1.55. The van der Waals surface area contributed by atoms with Gasteiger partial charge in [0.1, 0.15) is 11.0 Å². The normalized spacial score (nSPS) is 17.6. The quantitative estimate of drug-likeness (QED) is 0.349. The van der Waals surface area contributed by atoms with E-state index in [1.54, 1.807) is 55.6 Å². The number of imide groups is 1. The molecule has 1 aliphatic heterocycles. The van der Waals surface area contributed by atoms with Crippen molar-refractivity contribution in [1.82, 2.24) is 0 Å². The van der Waals surface area contributed by atoms with Gasteiger partial charge in [-0.05, 0) is 42.0 Å². The summed E-state index contributed by atoms with van der Waals surface area (Å²) in [4.78, 5) is 26.1. The van der Waals surface area contributed by atoms with Crippen molar-refractivity contribution in [3.8, 4) is 5.75 Å². The van der Waals surface area contributed by atoms with E-state index >= 15 is 0 Å². The fourth-order valence-electron chi connectivity index (χ4n) is 2.57. The Labute approximate surface area is 171 Å². The number of anilines is 1. The number of carbonyl (C=O) groups is 2. The van der Waals surface area contributed by atoms with Crippen LogP contribution < -0.4 is 15.4 Å². The molecule has 2 aromatic carbocycles. The average molecular weight is 417 g/mol. The van der Waals surface area contributed by atoms with Crippen LogP contribution in [0.1, 0.15) is 12.0 Å². The zero-order valence-corrected chi connectivity index (χ0v) is 16.5. The molecule has 2 aromatic rings. The summed E-state index contributed by atoms with van der Waals surface area (Å²) >= 11 is 6.84. The van der Waals surface area contributed by atoms with Crippen molar-refractivity contribution in [2.75, 3.05) is 12.0 Å². The van der Waals surface area contributed by atoms with E-state index in [1.807, 2.05) is 0 Å². The predicted octanol–water partition coefficient (Wildman–Crippen LogP) is 3.06. The minimum atomic E-state index is -0.635. The van der Waals surface area contributed by atoms with Crippen LogP contribution in [0, 0.1) is 0 Å². The van der Waals surface area contributed by atoms with Gasteiger partial charge in [0.25, 0.3) is 0 Å². The second-order valence-corrected chi connectivity index (χ2v) is 7.47. The number of carbonyl (C=O) groups excluding carboxylic acids is 2. The second kappa shape index (κ2) is 8.90. The number of methoxy groups -OCH3 is 1. The molecule has 0 spiro atoms. The third-order valence-corrected chi connectivity index (χ3v) is 5.16. The number of nitrogens with two attached hydrogens (primary N) is 1. The lowest BCUT2D eigenvalue weighted by Crippen LogP contribution is -2.31. The van der Waals surface area contributed by atoms with E-state index in [9.17, 15) is 9.59 Å². The highest BCUT2D eigenvalue weighted by Gasteiger charge is 2.40. The molecular weight excluding hydrogens is 400 g/mol. The lowest BCUT2D eigenvalue weighted by molar-refractivity contribution is -0.121. The molecule has 1 saturated heterocycles. The molecular formula is C19H17ClN4O3S. The van der Waals surface area contributed by atoms with Crippen LogP contribution in [0.5, 0.6) is 5.75 Å². The van der Waals surface area contributed by atoms with E-state index < -0.39 is 5.25 Å². The molecule has 1 atom stereocenters. The van der Waals surface area contributed by atoms with E-state index in [2.05, 4.69) is 10.2 Å². The third kappa shape index (κ3) is 4.71. The van der Waals surface area contributed by atoms with Crippen LogP contribution in [0.15, 0.2) is 58.7 Å². The molecule has 0 aliphatic carbocycles. The van der Waals surface area contributed by atoms with Crippen molar-refractivity contribution in [1.29, 1.82) is 0 Å². The first-order valence-electron chi connectivity index (χ1n) is 8.27. The average Bonchev–Trinajstić information content (AvgIpc) is 2.96. The maximum atomic E-state index is 12.6. The van der Waals surface area contributed by atoms with Gasteiger partial charge in [-0.3, -0.25) is 9.59 Å². The van der Waals surface area contributed by atoms with Crippen molar-refractivity contribution >= 4 is 52.2 Å². The molecule has 0 bridgehead atoms. The van der Waals surface area contributed by atoms with Gasteiger partial charge in [0.15, 0.2) is 5.17 Å². The Morgan fingerprint density at radius 2 is 1.89 bits per heavy atom.